The van der Waals surface area contributed by atoms with E-state index >= 15 is 0 Å². The summed E-state index contributed by atoms with van der Waals surface area (Å²) in [6, 6.07) is 9.79. The molecular weight excluding hydrogens is 342 g/mol. The second kappa shape index (κ2) is 7.21. The summed E-state index contributed by atoms with van der Waals surface area (Å²) in [5, 5.41) is 14.2. The molecule has 3 rings (SSSR count). The Bertz CT molecular complexity index is 953. The van der Waals surface area contributed by atoms with Crippen molar-refractivity contribution in [2.75, 3.05) is 0 Å². The summed E-state index contributed by atoms with van der Waals surface area (Å²) >= 11 is 0. The highest BCUT2D eigenvalue weighted by molar-refractivity contribution is 5.98. The van der Waals surface area contributed by atoms with Gasteiger partial charge in [-0.25, -0.2) is 0 Å². The number of amides is 2. The number of pyridine rings is 1. The molecule has 10 nitrogen and oxygen atoms in total. The summed E-state index contributed by atoms with van der Waals surface area (Å²) in [5.41, 5.74) is 5.00. The maximum atomic E-state index is 12.0. The zero-order chi connectivity index (χ0) is 18.5. The molecule has 2 aromatic heterocycles. The van der Waals surface area contributed by atoms with Crippen molar-refractivity contribution >= 4 is 17.5 Å². The molecule has 0 aliphatic carbocycles. The SMILES string of the molecule is O=C(NNC(=O)c1cc(-c2cccnc2)on1)c1ccc([N+](=O)[O-])cc1. The monoisotopic (exact) mass is 353 g/mol. The number of hydrogen-bond acceptors (Lipinski definition) is 7. The zero-order valence-corrected chi connectivity index (χ0v) is 13.1. The first-order valence-corrected chi connectivity index (χ1v) is 7.27. The smallest absolute Gasteiger partial charge is 0.291 e. The van der Waals surface area contributed by atoms with E-state index in [1.807, 2.05) is 0 Å². The average Bonchev–Trinajstić information content (AvgIpc) is 3.17. The second-order valence-electron chi connectivity index (χ2n) is 5.03. The van der Waals surface area contributed by atoms with E-state index in [1.54, 1.807) is 24.5 Å². The van der Waals surface area contributed by atoms with Crippen LogP contribution in [0.25, 0.3) is 11.3 Å². The number of hydrazine groups is 1. The number of nitro benzene ring substituents is 1. The van der Waals surface area contributed by atoms with Gasteiger partial charge in [-0.2, -0.15) is 0 Å². The summed E-state index contributed by atoms with van der Waals surface area (Å²) in [4.78, 5) is 37.9. The fraction of sp³-hybridized carbons (Fsp3) is 0. The predicted molar refractivity (Wildman–Crippen MR) is 87.8 cm³/mol. The van der Waals surface area contributed by atoms with Crippen LogP contribution in [0.2, 0.25) is 0 Å². The van der Waals surface area contributed by atoms with Crippen molar-refractivity contribution in [2.24, 2.45) is 0 Å². The molecule has 2 heterocycles. The van der Waals surface area contributed by atoms with Crippen LogP contribution in [0.5, 0.6) is 0 Å². The fourth-order valence-corrected chi connectivity index (χ4v) is 2.01. The van der Waals surface area contributed by atoms with Gasteiger partial charge in [0.05, 0.1) is 4.92 Å². The minimum Gasteiger partial charge on any atom is -0.355 e. The van der Waals surface area contributed by atoms with Gasteiger partial charge in [-0.1, -0.05) is 5.16 Å². The zero-order valence-electron chi connectivity index (χ0n) is 13.1. The topological polar surface area (TPSA) is 140 Å². The van der Waals surface area contributed by atoms with Crippen molar-refractivity contribution in [3.8, 4) is 11.3 Å². The molecule has 0 saturated carbocycles. The number of non-ortho nitro benzene ring substituents is 1. The van der Waals surface area contributed by atoms with Gasteiger partial charge in [-0.3, -0.25) is 35.5 Å². The number of nitrogens with zero attached hydrogens (tertiary/aromatic N) is 3. The molecule has 2 amide bonds. The molecule has 2 N–H and O–H groups in total. The number of nitro groups is 1. The molecule has 0 aliphatic rings. The Balaban J connectivity index is 1.61. The lowest BCUT2D eigenvalue weighted by Gasteiger charge is -2.05. The fourth-order valence-electron chi connectivity index (χ4n) is 2.01. The van der Waals surface area contributed by atoms with Gasteiger partial charge in [-0.05, 0) is 24.3 Å². The van der Waals surface area contributed by atoms with E-state index in [1.165, 1.54) is 30.3 Å². The molecule has 0 unspecified atom stereocenters. The summed E-state index contributed by atoms with van der Waals surface area (Å²) < 4.78 is 5.07. The molecular formula is C16H11N5O5. The lowest BCUT2D eigenvalue weighted by Crippen LogP contribution is -2.41. The lowest BCUT2D eigenvalue weighted by molar-refractivity contribution is -0.384. The molecule has 0 spiro atoms. The van der Waals surface area contributed by atoms with E-state index in [2.05, 4.69) is 21.0 Å². The summed E-state index contributed by atoms with van der Waals surface area (Å²) in [6.07, 6.45) is 3.15. The Morgan fingerprint density at radius 1 is 1.08 bits per heavy atom. The number of aromatic nitrogens is 2. The third-order valence-electron chi connectivity index (χ3n) is 3.32. The Morgan fingerprint density at radius 2 is 1.81 bits per heavy atom. The third-order valence-corrected chi connectivity index (χ3v) is 3.32. The molecule has 26 heavy (non-hydrogen) atoms. The van der Waals surface area contributed by atoms with Crippen LogP contribution in [0, 0.1) is 10.1 Å². The number of carbonyl (C=O) groups excluding carboxylic acids is 2. The number of carbonyl (C=O) groups is 2. The molecule has 0 radical (unpaired) electrons. The number of rotatable bonds is 4. The molecule has 0 aliphatic heterocycles. The Hall–Kier alpha value is -4.08. The first kappa shape index (κ1) is 16.8. The van der Waals surface area contributed by atoms with Crippen LogP contribution >= 0.6 is 0 Å². The molecule has 0 bridgehead atoms. The van der Waals surface area contributed by atoms with Gasteiger partial charge < -0.3 is 4.52 Å². The molecule has 10 heteroatoms. The van der Waals surface area contributed by atoms with E-state index in [9.17, 15) is 19.7 Å². The molecule has 0 atom stereocenters. The average molecular weight is 353 g/mol. The highest BCUT2D eigenvalue weighted by Crippen LogP contribution is 2.18. The Kier molecular flexibility index (Phi) is 4.65. The van der Waals surface area contributed by atoms with Crippen molar-refractivity contribution in [3.05, 3.63) is 76.2 Å². The lowest BCUT2D eigenvalue weighted by atomic mass is 10.2. The van der Waals surface area contributed by atoms with Crippen LogP contribution in [-0.4, -0.2) is 26.9 Å². The maximum absolute atomic E-state index is 12.0. The Labute approximate surface area is 146 Å². The van der Waals surface area contributed by atoms with Crippen LogP contribution in [0.4, 0.5) is 5.69 Å². The van der Waals surface area contributed by atoms with E-state index in [-0.39, 0.29) is 16.9 Å². The minimum atomic E-state index is -0.681. The molecule has 130 valence electrons. The van der Waals surface area contributed by atoms with E-state index < -0.39 is 16.7 Å². The van der Waals surface area contributed by atoms with Crippen LogP contribution in [-0.2, 0) is 0 Å². The second-order valence-corrected chi connectivity index (χ2v) is 5.03. The van der Waals surface area contributed by atoms with Crippen LogP contribution in [0.1, 0.15) is 20.8 Å². The van der Waals surface area contributed by atoms with Gasteiger partial charge in [0, 0.05) is 41.7 Å². The van der Waals surface area contributed by atoms with Crippen LogP contribution in [0.3, 0.4) is 0 Å². The predicted octanol–water partition coefficient (Wildman–Crippen LogP) is 1.72. The van der Waals surface area contributed by atoms with Crippen molar-refractivity contribution in [1.82, 2.24) is 21.0 Å². The van der Waals surface area contributed by atoms with Gasteiger partial charge in [0.1, 0.15) is 0 Å². The van der Waals surface area contributed by atoms with Crippen LogP contribution in [0.15, 0.2) is 59.4 Å². The number of benzene rings is 1. The summed E-state index contributed by atoms with van der Waals surface area (Å²) in [5.74, 6) is -0.965. The highest BCUT2D eigenvalue weighted by atomic mass is 16.6. The van der Waals surface area contributed by atoms with Crippen molar-refractivity contribution in [2.45, 2.75) is 0 Å². The van der Waals surface area contributed by atoms with Gasteiger partial charge in [0.25, 0.3) is 17.5 Å². The van der Waals surface area contributed by atoms with Gasteiger partial charge in [-0.15, -0.1) is 0 Å². The molecule has 0 saturated heterocycles. The van der Waals surface area contributed by atoms with Crippen molar-refractivity contribution in [3.63, 3.8) is 0 Å². The quantitative estimate of drug-likeness (QED) is 0.537. The highest BCUT2D eigenvalue weighted by Gasteiger charge is 2.15. The standard InChI is InChI=1S/C16H11N5O5/c22-15(10-3-5-12(6-4-10)21(24)25)18-19-16(23)13-8-14(26-20-13)11-2-1-7-17-9-11/h1-9H,(H,18,22)(H,19,23). The van der Waals surface area contributed by atoms with Crippen molar-refractivity contribution < 1.29 is 19.0 Å². The first-order chi connectivity index (χ1) is 12.5. The largest absolute Gasteiger partial charge is 0.355 e. The number of nitrogens with one attached hydrogen (secondary N) is 2. The summed E-state index contributed by atoms with van der Waals surface area (Å²) in [6.45, 7) is 0. The third kappa shape index (κ3) is 3.70. The van der Waals surface area contributed by atoms with Gasteiger partial charge in [0.15, 0.2) is 11.5 Å². The van der Waals surface area contributed by atoms with E-state index in [0.29, 0.717) is 11.3 Å². The minimum absolute atomic E-state index is 0.0344. The van der Waals surface area contributed by atoms with Crippen LogP contribution < -0.4 is 10.9 Å². The van der Waals surface area contributed by atoms with E-state index in [0.717, 1.165) is 0 Å². The molecule has 0 fully saturated rings. The van der Waals surface area contributed by atoms with E-state index in [4.69, 9.17) is 4.52 Å². The first-order valence-electron chi connectivity index (χ1n) is 7.27. The van der Waals surface area contributed by atoms with Gasteiger partial charge in [0.2, 0.25) is 0 Å². The van der Waals surface area contributed by atoms with Crippen molar-refractivity contribution in [1.29, 1.82) is 0 Å². The molecule has 1 aromatic carbocycles. The number of hydrogen-bond donors (Lipinski definition) is 2. The molecule has 3 aromatic rings. The Morgan fingerprint density at radius 3 is 2.46 bits per heavy atom. The van der Waals surface area contributed by atoms with Gasteiger partial charge >= 0.3 is 0 Å². The normalized spacial score (nSPS) is 10.2. The summed E-state index contributed by atoms with van der Waals surface area (Å²) in [7, 11) is 0. The maximum Gasteiger partial charge on any atom is 0.291 e.